The van der Waals surface area contributed by atoms with Crippen LogP contribution in [0.2, 0.25) is 0 Å². The van der Waals surface area contributed by atoms with Gasteiger partial charge in [0.15, 0.2) is 0 Å². The summed E-state index contributed by atoms with van der Waals surface area (Å²) in [6.07, 6.45) is 0. The Hall–Kier alpha value is -3.35. The zero-order valence-corrected chi connectivity index (χ0v) is 18.8. The summed E-state index contributed by atoms with van der Waals surface area (Å²) < 4.78 is 5.88. The van der Waals surface area contributed by atoms with Crippen molar-refractivity contribution in [1.82, 2.24) is 5.32 Å². The van der Waals surface area contributed by atoms with Crippen LogP contribution in [0.25, 0.3) is 0 Å². The van der Waals surface area contributed by atoms with Gasteiger partial charge in [-0.3, -0.25) is 14.6 Å². The quantitative estimate of drug-likeness (QED) is 0.583. The van der Waals surface area contributed by atoms with Crippen LogP contribution >= 0.6 is 0 Å². The fourth-order valence-corrected chi connectivity index (χ4v) is 4.05. The highest BCUT2D eigenvalue weighted by atomic mass is 16.3. The summed E-state index contributed by atoms with van der Waals surface area (Å²) in [4.78, 5) is 29.5. The van der Waals surface area contributed by atoms with Crippen molar-refractivity contribution < 1.29 is 9.21 Å². The number of nitrogens with zero attached hydrogens (tertiary/aromatic N) is 1. The number of fused-ring (bicyclic) bond motifs is 1. The van der Waals surface area contributed by atoms with Gasteiger partial charge in [-0.25, -0.2) is 0 Å². The fourth-order valence-electron chi connectivity index (χ4n) is 4.05. The highest BCUT2D eigenvalue weighted by molar-refractivity contribution is 6.05. The maximum absolute atomic E-state index is 12.9. The average Bonchev–Trinajstić information content (AvgIpc) is 3.28. The Balaban J connectivity index is 1.76. The molecule has 31 heavy (non-hydrogen) atoms. The maximum Gasteiger partial charge on any atom is 0.254 e. The molecular formula is C24H28N4O3. The fraction of sp³-hybridized carbons (Fsp3) is 0.375. The van der Waals surface area contributed by atoms with Gasteiger partial charge >= 0.3 is 0 Å². The molecule has 1 aliphatic heterocycles. The van der Waals surface area contributed by atoms with Crippen molar-refractivity contribution in [3.63, 3.8) is 0 Å². The van der Waals surface area contributed by atoms with Gasteiger partial charge in [0, 0.05) is 13.6 Å². The van der Waals surface area contributed by atoms with Crippen LogP contribution in [0.5, 0.6) is 0 Å². The monoisotopic (exact) mass is 420 g/mol. The predicted octanol–water partition coefficient (Wildman–Crippen LogP) is 3.85. The Morgan fingerprint density at radius 3 is 2.42 bits per heavy atom. The molecule has 2 heterocycles. The second kappa shape index (κ2) is 7.41. The lowest BCUT2D eigenvalue weighted by molar-refractivity contribution is 0.0966. The minimum atomic E-state index is -0.221. The number of nitrogens with one attached hydrogen (secondary N) is 3. The first-order valence-corrected chi connectivity index (χ1v) is 10.4. The summed E-state index contributed by atoms with van der Waals surface area (Å²) in [5.41, 5.74) is 3.86. The molecule has 1 aromatic heterocycles. The average molecular weight is 421 g/mol. The summed E-state index contributed by atoms with van der Waals surface area (Å²) in [6.45, 7) is 10.6. The van der Waals surface area contributed by atoms with Crippen LogP contribution in [0, 0.1) is 19.3 Å². The van der Waals surface area contributed by atoms with E-state index in [2.05, 4.69) is 41.7 Å². The van der Waals surface area contributed by atoms with E-state index in [4.69, 9.17) is 4.42 Å². The number of carbonyl (C=O) groups is 1. The standard InChI is InChI=1S/C24H28N4O3/c1-12-7-9-14-11-26-23(30)16(14)17(12)27-18-19(25-6)21(29)20(18)28-22(24(3,4)5)15-10-8-13(2)31-15/h7-10,22,27-28H,11H2,1-6H3,(H,26,30)/b25-19+/t22-/m0/s1. The molecule has 3 N–H and O–H groups in total. The van der Waals surface area contributed by atoms with Gasteiger partial charge in [0.05, 0.1) is 23.0 Å². The zero-order chi connectivity index (χ0) is 22.5. The molecule has 0 aliphatic carbocycles. The number of furan rings is 1. The van der Waals surface area contributed by atoms with E-state index in [9.17, 15) is 9.59 Å². The van der Waals surface area contributed by atoms with Crippen molar-refractivity contribution in [2.75, 3.05) is 17.7 Å². The first-order valence-electron chi connectivity index (χ1n) is 10.4. The topological polar surface area (TPSA) is 95.7 Å². The minimum absolute atomic E-state index is 0.115. The van der Waals surface area contributed by atoms with Gasteiger partial charge in [0.25, 0.3) is 5.91 Å². The molecule has 3 aromatic rings. The molecule has 0 bridgehead atoms. The largest absolute Gasteiger partial charge is 0.464 e. The number of hydrogen-bond acceptors (Lipinski definition) is 6. The van der Waals surface area contributed by atoms with E-state index in [0.29, 0.717) is 34.5 Å². The van der Waals surface area contributed by atoms with Crippen molar-refractivity contribution in [3.8, 4) is 0 Å². The van der Waals surface area contributed by atoms with Crippen molar-refractivity contribution in [1.29, 1.82) is 0 Å². The first kappa shape index (κ1) is 20.9. The van der Waals surface area contributed by atoms with E-state index in [1.54, 1.807) is 7.05 Å². The molecule has 0 unspecified atom stereocenters. The van der Waals surface area contributed by atoms with E-state index < -0.39 is 0 Å². The molecule has 1 aliphatic rings. The van der Waals surface area contributed by atoms with Crippen LogP contribution in [0.4, 0.5) is 17.1 Å². The molecule has 0 saturated carbocycles. The first-order chi connectivity index (χ1) is 14.6. The molecule has 162 valence electrons. The van der Waals surface area contributed by atoms with Gasteiger partial charge in [-0.2, -0.15) is 0 Å². The molecule has 1 amide bonds. The third-order valence-corrected chi connectivity index (χ3v) is 5.77. The Morgan fingerprint density at radius 1 is 1.06 bits per heavy atom. The van der Waals surface area contributed by atoms with E-state index in [0.717, 1.165) is 22.6 Å². The van der Waals surface area contributed by atoms with Gasteiger partial charge in [-0.05, 0) is 42.5 Å². The minimum Gasteiger partial charge on any atom is -0.464 e. The number of carbonyl (C=O) groups excluding carboxylic acids is 1. The normalized spacial score (nSPS) is 15.2. The Morgan fingerprint density at radius 2 is 1.81 bits per heavy atom. The summed E-state index contributed by atoms with van der Waals surface area (Å²) in [6, 6.07) is 7.56. The van der Waals surface area contributed by atoms with Gasteiger partial charge < -0.3 is 20.4 Å². The summed E-state index contributed by atoms with van der Waals surface area (Å²) in [7, 11) is 1.60. The molecule has 7 nitrogen and oxygen atoms in total. The van der Waals surface area contributed by atoms with Crippen molar-refractivity contribution >= 4 is 23.0 Å². The molecule has 4 rings (SSSR count). The van der Waals surface area contributed by atoms with Crippen LogP contribution < -0.4 is 26.7 Å². The number of aryl methyl sites for hydroxylation is 2. The van der Waals surface area contributed by atoms with Gasteiger partial charge in [0.1, 0.15) is 22.6 Å². The van der Waals surface area contributed by atoms with Crippen LogP contribution in [-0.2, 0) is 6.54 Å². The number of anilines is 3. The van der Waals surface area contributed by atoms with E-state index >= 15 is 0 Å². The molecule has 0 radical (unpaired) electrons. The predicted molar refractivity (Wildman–Crippen MR) is 121 cm³/mol. The van der Waals surface area contributed by atoms with E-state index in [-0.39, 0.29) is 22.8 Å². The summed E-state index contributed by atoms with van der Waals surface area (Å²) >= 11 is 0. The Bertz CT molecular complexity index is 1250. The molecular weight excluding hydrogens is 392 g/mol. The van der Waals surface area contributed by atoms with E-state index in [1.165, 1.54) is 0 Å². The van der Waals surface area contributed by atoms with E-state index in [1.807, 2.05) is 38.1 Å². The summed E-state index contributed by atoms with van der Waals surface area (Å²) in [5, 5.41) is 9.97. The lowest BCUT2D eigenvalue weighted by atomic mass is 9.84. The zero-order valence-electron chi connectivity index (χ0n) is 18.8. The van der Waals surface area contributed by atoms with Crippen LogP contribution in [0.3, 0.4) is 0 Å². The van der Waals surface area contributed by atoms with Crippen LogP contribution in [0.1, 0.15) is 59.8 Å². The number of amides is 1. The molecule has 0 spiro atoms. The highest BCUT2D eigenvalue weighted by Gasteiger charge is 2.33. The Kier molecular flexibility index (Phi) is 5.00. The second-order valence-corrected chi connectivity index (χ2v) is 9.14. The third-order valence-electron chi connectivity index (χ3n) is 5.77. The van der Waals surface area contributed by atoms with Gasteiger partial charge in [-0.15, -0.1) is 0 Å². The third kappa shape index (κ3) is 3.54. The smallest absolute Gasteiger partial charge is 0.254 e. The lowest BCUT2D eigenvalue weighted by Crippen LogP contribution is -2.40. The molecule has 0 fully saturated rings. The van der Waals surface area contributed by atoms with Crippen molar-refractivity contribution in [3.05, 3.63) is 68.1 Å². The van der Waals surface area contributed by atoms with Gasteiger partial charge in [0.2, 0.25) is 5.43 Å². The molecule has 7 heteroatoms. The van der Waals surface area contributed by atoms with Gasteiger partial charge in [-0.1, -0.05) is 32.9 Å². The SMILES string of the molecule is C/N=c1\c(Nc2c(C)ccc3c2C(=O)NC3)c(N[C@@H](c2ccc(C)o2)C(C)(C)C)c1=O. The molecule has 0 saturated heterocycles. The van der Waals surface area contributed by atoms with Crippen molar-refractivity contribution in [2.24, 2.45) is 10.4 Å². The summed E-state index contributed by atoms with van der Waals surface area (Å²) in [5.74, 6) is 1.47. The second-order valence-electron chi connectivity index (χ2n) is 9.14. The number of rotatable bonds is 5. The number of benzene rings is 1. The van der Waals surface area contributed by atoms with Crippen molar-refractivity contribution in [2.45, 2.75) is 47.2 Å². The Labute approximate surface area is 181 Å². The highest BCUT2D eigenvalue weighted by Crippen LogP contribution is 2.38. The van der Waals surface area contributed by atoms with Crippen LogP contribution in [0.15, 0.2) is 38.5 Å². The lowest BCUT2D eigenvalue weighted by Gasteiger charge is -2.32. The van der Waals surface area contributed by atoms with Crippen LogP contribution in [-0.4, -0.2) is 13.0 Å². The molecule has 2 aromatic carbocycles. The number of hydrogen-bond donors (Lipinski definition) is 3. The maximum atomic E-state index is 12.9. The molecule has 1 atom stereocenters.